The largest absolute Gasteiger partial charge is 0.371 e. The molecule has 2 aromatic heterocycles. The highest BCUT2D eigenvalue weighted by atomic mass is 32.1. The molecule has 0 aromatic carbocycles. The number of aromatic nitrogens is 1. The summed E-state index contributed by atoms with van der Waals surface area (Å²) in [6, 6.07) is 11.0. The smallest absolute Gasteiger partial charge is 0.0892 e. The number of piperazine rings is 1. The molecule has 0 bridgehead atoms. The van der Waals surface area contributed by atoms with E-state index in [0.29, 0.717) is 18.8 Å². The van der Waals surface area contributed by atoms with Crippen LogP contribution < -0.4 is 0 Å². The SMILES string of the molecule is c1ccc(COC2CC3CN(Cc4cccs4)CCN3C2)nc1. The van der Waals surface area contributed by atoms with Crippen molar-refractivity contribution >= 4 is 11.3 Å². The molecule has 23 heavy (non-hydrogen) atoms. The van der Waals surface area contributed by atoms with Gasteiger partial charge < -0.3 is 4.74 Å². The quantitative estimate of drug-likeness (QED) is 0.843. The highest BCUT2D eigenvalue weighted by molar-refractivity contribution is 7.09. The van der Waals surface area contributed by atoms with E-state index in [1.807, 2.05) is 35.7 Å². The van der Waals surface area contributed by atoms with Crippen molar-refractivity contribution in [2.24, 2.45) is 0 Å². The molecule has 2 aromatic rings. The summed E-state index contributed by atoms with van der Waals surface area (Å²) in [7, 11) is 0. The van der Waals surface area contributed by atoms with E-state index in [4.69, 9.17) is 4.74 Å². The van der Waals surface area contributed by atoms with Crippen molar-refractivity contribution in [3.05, 3.63) is 52.5 Å². The fraction of sp³-hybridized carbons (Fsp3) is 0.500. The lowest BCUT2D eigenvalue weighted by Crippen LogP contribution is -2.49. The second kappa shape index (κ2) is 7.09. The summed E-state index contributed by atoms with van der Waals surface area (Å²) in [4.78, 5) is 11.0. The Kier molecular flexibility index (Phi) is 4.71. The van der Waals surface area contributed by atoms with Crippen molar-refractivity contribution in [2.45, 2.75) is 31.7 Å². The summed E-state index contributed by atoms with van der Waals surface area (Å²) in [5.74, 6) is 0. The lowest BCUT2D eigenvalue weighted by Gasteiger charge is -2.37. The molecular weight excluding hydrogens is 306 g/mol. The van der Waals surface area contributed by atoms with Gasteiger partial charge in [-0.05, 0) is 30.0 Å². The van der Waals surface area contributed by atoms with E-state index in [0.717, 1.165) is 25.2 Å². The van der Waals surface area contributed by atoms with E-state index in [-0.39, 0.29) is 0 Å². The van der Waals surface area contributed by atoms with Crippen molar-refractivity contribution in [2.75, 3.05) is 26.2 Å². The zero-order valence-corrected chi connectivity index (χ0v) is 14.1. The topological polar surface area (TPSA) is 28.6 Å². The Balaban J connectivity index is 1.27. The Morgan fingerprint density at radius 2 is 2.17 bits per heavy atom. The average Bonchev–Trinajstić information content (AvgIpc) is 3.23. The summed E-state index contributed by atoms with van der Waals surface area (Å²) in [6.45, 7) is 6.30. The molecular formula is C18H23N3OS. The molecule has 4 heterocycles. The first-order valence-electron chi connectivity index (χ1n) is 8.37. The van der Waals surface area contributed by atoms with Crippen molar-refractivity contribution in [3.63, 3.8) is 0 Å². The van der Waals surface area contributed by atoms with Gasteiger partial charge >= 0.3 is 0 Å². The monoisotopic (exact) mass is 329 g/mol. The minimum Gasteiger partial charge on any atom is -0.371 e. The number of rotatable bonds is 5. The molecule has 2 aliphatic heterocycles. The molecule has 0 N–H and O–H groups in total. The van der Waals surface area contributed by atoms with Gasteiger partial charge in [0.1, 0.15) is 0 Å². The maximum atomic E-state index is 6.10. The van der Waals surface area contributed by atoms with Gasteiger partial charge in [-0.1, -0.05) is 12.1 Å². The first-order valence-corrected chi connectivity index (χ1v) is 9.25. The van der Waals surface area contributed by atoms with E-state index in [2.05, 4.69) is 32.3 Å². The van der Waals surface area contributed by atoms with Crippen LogP contribution in [0.3, 0.4) is 0 Å². The Morgan fingerprint density at radius 3 is 3.00 bits per heavy atom. The fourth-order valence-corrected chi connectivity index (χ4v) is 4.38. The Morgan fingerprint density at radius 1 is 1.17 bits per heavy atom. The number of pyridine rings is 1. The number of ether oxygens (including phenoxy) is 1. The zero-order chi connectivity index (χ0) is 15.5. The molecule has 0 spiro atoms. The third-order valence-electron chi connectivity index (χ3n) is 4.81. The van der Waals surface area contributed by atoms with Gasteiger partial charge in [0.2, 0.25) is 0 Å². The van der Waals surface area contributed by atoms with Crippen molar-refractivity contribution in [1.29, 1.82) is 0 Å². The second-order valence-electron chi connectivity index (χ2n) is 6.45. The maximum absolute atomic E-state index is 6.10. The predicted molar refractivity (Wildman–Crippen MR) is 92.4 cm³/mol. The van der Waals surface area contributed by atoms with Gasteiger partial charge in [-0.2, -0.15) is 0 Å². The minimum absolute atomic E-state index is 0.351. The molecule has 5 heteroatoms. The lowest BCUT2D eigenvalue weighted by molar-refractivity contribution is 0.0440. The van der Waals surface area contributed by atoms with E-state index in [9.17, 15) is 0 Å². The van der Waals surface area contributed by atoms with E-state index < -0.39 is 0 Å². The second-order valence-corrected chi connectivity index (χ2v) is 7.49. The van der Waals surface area contributed by atoms with Crippen LogP contribution >= 0.6 is 11.3 Å². The van der Waals surface area contributed by atoms with Crippen LogP contribution in [0.1, 0.15) is 17.0 Å². The van der Waals surface area contributed by atoms with Crippen LogP contribution in [0.2, 0.25) is 0 Å². The van der Waals surface area contributed by atoms with Gasteiger partial charge in [0.25, 0.3) is 0 Å². The molecule has 0 saturated carbocycles. The maximum Gasteiger partial charge on any atom is 0.0892 e. The van der Waals surface area contributed by atoms with Gasteiger partial charge in [0.15, 0.2) is 0 Å². The van der Waals surface area contributed by atoms with Gasteiger partial charge in [0.05, 0.1) is 18.4 Å². The van der Waals surface area contributed by atoms with Gasteiger partial charge in [-0.3, -0.25) is 14.8 Å². The molecule has 0 amide bonds. The van der Waals surface area contributed by atoms with Gasteiger partial charge in [-0.15, -0.1) is 11.3 Å². The first kappa shape index (κ1) is 15.3. The van der Waals surface area contributed by atoms with Crippen LogP contribution in [0.5, 0.6) is 0 Å². The highest BCUT2D eigenvalue weighted by Crippen LogP contribution is 2.26. The van der Waals surface area contributed by atoms with Crippen molar-refractivity contribution < 1.29 is 4.74 Å². The predicted octanol–water partition coefficient (Wildman–Crippen LogP) is 2.62. The summed E-state index contributed by atoms with van der Waals surface area (Å²) in [6.07, 6.45) is 3.33. The molecule has 0 radical (unpaired) electrons. The van der Waals surface area contributed by atoms with Crippen molar-refractivity contribution in [1.82, 2.24) is 14.8 Å². The van der Waals surface area contributed by atoms with Crippen LogP contribution in [0, 0.1) is 0 Å². The van der Waals surface area contributed by atoms with E-state index >= 15 is 0 Å². The normalized spacial score (nSPS) is 25.6. The number of thiophene rings is 1. The molecule has 2 atom stereocenters. The van der Waals surface area contributed by atoms with E-state index in [1.165, 1.54) is 24.5 Å². The molecule has 4 nitrogen and oxygen atoms in total. The number of fused-ring (bicyclic) bond motifs is 1. The van der Waals surface area contributed by atoms with Gasteiger partial charge in [-0.25, -0.2) is 0 Å². The molecule has 2 aliphatic rings. The molecule has 2 fully saturated rings. The van der Waals surface area contributed by atoms with Crippen LogP contribution in [0.4, 0.5) is 0 Å². The summed E-state index contributed by atoms with van der Waals surface area (Å²) < 4.78 is 6.10. The molecule has 4 rings (SSSR count). The highest BCUT2D eigenvalue weighted by Gasteiger charge is 2.36. The van der Waals surface area contributed by atoms with Crippen LogP contribution in [0.25, 0.3) is 0 Å². The average molecular weight is 329 g/mol. The number of hydrogen-bond donors (Lipinski definition) is 0. The standard InChI is InChI=1S/C18H23N3OS/c1-2-6-19-15(4-1)14-22-17-10-16-11-20(7-8-21(16)12-17)13-18-5-3-9-23-18/h1-6,9,16-17H,7-8,10-14H2. The number of nitrogens with zero attached hydrogens (tertiary/aromatic N) is 3. The summed E-state index contributed by atoms with van der Waals surface area (Å²) in [5.41, 5.74) is 1.02. The lowest BCUT2D eigenvalue weighted by atomic mass is 10.1. The number of hydrogen-bond acceptors (Lipinski definition) is 5. The molecule has 2 saturated heterocycles. The first-order chi connectivity index (χ1) is 11.4. The Hall–Kier alpha value is -1.27. The minimum atomic E-state index is 0.351. The summed E-state index contributed by atoms with van der Waals surface area (Å²) >= 11 is 1.86. The van der Waals surface area contributed by atoms with Crippen LogP contribution in [-0.2, 0) is 17.9 Å². The third kappa shape index (κ3) is 3.80. The Bertz CT molecular complexity index is 604. The zero-order valence-electron chi connectivity index (χ0n) is 13.3. The summed E-state index contributed by atoms with van der Waals surface area (Å²) in [5, 5.41) is 2.17. The third-order valence-corrected chi connectivity index (χ3v) is 5.68. The Labute approximate surface area is 141 Å². The molecule has 122 valence electrons. The van der Waals surface area contributed by atoms with Crippen molar-refractivity contribution in [3.8, 4) is 0 Å². The van der Waals surface area contributed by atoms with Crippen LogP contribution in [-0.4, -0.2) is 53.1 Å². The fourth-order valence-electron chi connectivity index (χ4n) is 3.63. The van der Waals surface area contributed by atoms with E-state index in [1.54, 1.807) is 0 Å². The van der Waals surface area contributed by atoms with Crippen LogP contribution in [0.15, 0.2) is 41.9 Å². The van der Waals surface area contributed by atoms with Gasteiger partial charge in [0, 0.05) is 49.8 Å². The molecule has 2 unspecified atom stereocenters. The molecule has 0 aliphatic carbocycles.